The Kier molecular flexibility index (Phi) is 5.63. The minimum Gasteiger partial charge on any atom is -0.502 e. The first-order chi connectivity index (χ1) is 18.4. The van der Waals surface area contributed by atoms with Crippen LogP contribution in [0.2, 0.25) is 0 Å². The Hall–Kier alpha value is -4.67. The molecule has 11 heteroatoms. The predicted octanol–water partition coefficient (Wildman–Crippen LogP) is 2.66. The van der Waals surface area contributed by atoms with Crippen molar-refractivity contribution in [2.45, 2.75) is 12.0 Å². The zero-order chi connectivity index (χ0) is 26.6. The average Bonchev–Trinajstić information content (AvgIpc) is 3.54. The summed E-state index contributed by atoms with van der Waals surface area (Å²) in [6.45, 7) is 0.0598. The van der Waals surface area contributed by atoms with Crippen molar-refractivity contribution in [2.75, 3.05) is 27.6 Å². The molecule has 0 radical (unpaired) electrons. The monoisotopic (exact) mass is 521 g/mol. The van der Waals surface area contributed by atoms with Crippen molar-refractivity contribution >= 4 is 11.9 Å². The number of nitrogens with one attached hydrogen (secondary N) is 1. The number of phenolic OH excluding ortho intramolecular Hbond substituents is 1. The fourth-order valence-electron chi connectivity index (χ4n) is 5.48. The largest absolute Gasteiger partial charge is 0.502 e. The Morgan fingerprint density at radius 1 is 0.974 bits per heavy atom. The topological polar surface area (TPSA) is 143 Å². The predicted molar refractivity (Wildman–Crippen MR) is 129 cm³/mol. The van der Waals surface area contributed by atoms with Crippen molar-refractivity contribution in [3.63, 3.8) is 0 Å². The maximum atomic E-state index is 13.2. The molecule has 38 heavy (non-hydrogen) atoms. The highest BCUT2D eigenvalue weighted by molar-refractivity contribution is 5.89. The molecule has 0 bridgehead atoms. The minimum atomic E-state index is -0.854. The Balaban J connectivity index is 1.52. The molecule has 1 saturated heterocycles. The number of rotatable bonds is 5. The lowest BCUT2D eigenvalue weighted by atomic mass is 9.66. The molecule has 2 aliphatic heterocycles. The number of methoxy groups -OCH3 is 2. The van der Waals surface area contributed by atoms with Gasteiger partial charge in [0, 0.05) is 29.7 Å². The Bertz CT molecular complexity index is 1470. The first-order valence-corrected chi connectivity index (χ1v) is 11.8. The first-order valence-electron chi connectivity index (χ1n) is 11.8. The summed E-state index contributed by atoms with van der Waals surface area (Å²) >= 11 is 0. The molecule has 11 nitrogen and oxygen atoms in total. The van der Waals surface area contributed by atoms with Gasteiger partial charge in [0.2, 0.25) is 18.1 Å². The van der Waals surface area contributed by atoms with E-state index in [9.17, 15) is 19.5 Å². The molecule has 196 valence electrons. The van der Waals surface area contributed by atoms with Gasteiger partial charge < -0.3 is 38.5 Å². The third-order valence-corrected chi connectivity index (χ3v) is 7.23. The number of hydrogen-bond acceptors (Lipinski definition) is 10. The maximum Gasteiger partial charge on any atom is 0.340 e. The normalized spacial score (nSPS) is 22.7. The molecule has 4 atom stereocenters. The van der Waals surface area contributed by atoms with E-state index in [1.54, 1.807) is 24.3 Å². The number of aromatic nitrogens is 1. The fraction of sp³-hybridized carbons (Fsp3) is 0.296. The van der Waals surface area contributed by atoms with Crippen molar-refractivity contribution < 1.29 is 43.1 Å². The van der Waals surface area contributed by atoms with Gasteiger partial charge in [-0.2, -0.15) is 0 Å². The number of esters is 2. The van der Waals surface area contributed by atoms with Gasteiger partial charge in [0.05, 0.1) is 32.3 Å². The number of ether oxygens (including phenoxy) is 6. The van der Waals surface area contributed by atoms with E-state index in [1.807, 2.05) is 0 Å². The van der Waals surface area contributed by atoms with Gasteiger partial charge in [-0.1, -0.05) is 0 Å². The molecular formula is C27H23NO10. The smallest absolute Gasteiger partial charge is 0.340 e. The van der Waals surface area contributed by atoms with Crippen LogP contribution in [0, 0.1) is 11.8 Å². The summed E-state index contributed by atoms with van der Waals surface area (Å²) < 4.78 is 33.4. The third-order valence-electron chi connectivity index (χ3n) is 7.23. The highest BCUT2D eigenvalue weighted by Gasteiger charge is 2.54. The molecule has 2 aromatic carbocycles. The molecule has 0 unspecified atom stereocenters. The highest BCUT2D eigenvalue weighted by atomic mass is 16.7. The Morgan fingerprint density at radius 2 is 1.66 bits per heavy atom. The number of hydrogen-bond donors (Lipinski definition) is 2. The van der Waals surface area contributed by atoms with Crippen molar-refractivity contribution in [2.24, 2.45) is 11.8 Å². The maximum absolute atomic E-state index is 13.2. The second-order valence-corrected chi connectivity index (χ2v) is 9.17. The highest BCUT2D eigenvalue weighted by Crippen LogP contribution is 2.56. The zero-order valence-corrected chi connectivity index (χ0v) is 20.4. The standard InChI is InChI=1S/C27H23NO10/c1-33-19-5-13(6-20(34-2)24(19)30)22-14-7-17-18(37-11-36-17)8-15(14)25(16-10-35-27(32)23(16)22)38-26(31)12-3-4-21(29)28-9-12/h3-9,16,22-23,25,30H,10-11H2,1-2H3,(H,28,29)/t16-,22+,23-,25+/m0/s1. The molecular weight excluding hydrogens is 498 g/mol. The van der Waals surface area contributed by atoms with Gasteiger partial charge in [0.15, 0.2) is 23.0 Å². The van der Waals surface area contributed by atoms with E-state index < -0.39 is 35.8 Å². The van der Waals surface area contributed by atoms with Crippen molar-refractivity contribution in [3.8, 4) is 28.7 Å². The van der Waals surface area contributed by atoms with Crippen LogP contribution in [0.1, 0.15) is 39.1 Å². The second kappa shape index (κ2) is 9.02. The van der Waals surface area contributed by atoms with E-state index in [-0.39, 0.29) is 41.8 Å². The van der Waals surface area contributed by atoms with Crippen LogP contribution in [-0.4, -0.2) is 49.6 Å². The number of pyridine rings is 1. The Labute approximate surface area is 215 Å². The molecule has 3 aliphatic rings. The molecule has 0 spiro atoms. The first kappa shape index (κ1) is 23.7. The number of cyclic esters (lactones) is 1. The fourth-order valence-corrected chi connectivity index (χ4v) is 5.48. The number of benzene rings is 2. The van der Waals surface area contributed by atoms with E-state index in [0.717, 1.165) is 0 Å². The summed E-state index contributed by atoms with van der Waals surface area (Å²) in [5, 5.41) is 10.5. The number of fused-ring (bicyclic) bond motifs is 3. The average molecular weight is 521 g/mol. The van der Waals surface area contributed by atoms with E-state index in [0.29, 0.717) is 28.2 Å². The second-order valence-electron chi connectivity index (χ2n) is 9.17. The van der Waals surface area contributed by atoms with Crippen LogP contribution < -0.4 is 24.5 Å². The zero-order valence-electron chi connectivity index (χ0n) is 20.4. The molecule has 3 heterocycles. The SMILES string of the molecule is COc1cc([C@@H]2c3cc4c(cc3[C@@H](OC(=O)c3ccc(=O)[nH]c3)[C@H]3COC(=O)[C@H]23)OCO4)cc(OC)c1O. The van der Waals surface area contributed by atoms with Gasteiger partial charge in [-0.3, -0.25) is 9.59 Å². The van der Waals surface area contributed by atoms with Gasteiger partial charge in [-0.15, -0.1) is 0 Å². The van der Waals surface area contributed by atoms with Gasteiger partial charge in [-0.25, -0.2) is 4.79 Å². The van der Waals surface area contributed by atoms with Crippen LogP contribution in [0.3, 0.4) is 0 Å². The lowest BCUT2D eigenvalue weighted by Crippen LogP contribution is -2.36. The van der Waals surface area contributed by atoms with Gasteiger partial charge in [-0.05, 0) is 41.5 Å². The van der Waals surface area contributed by atoms with Crippen LogP contribution in [-0.2, 0) is 14.3 Å². The van der Waals surface area contributed by atoms with Crippen LogP contribution in [0.5, 0.6) is 28.7 Å². The van der Waals surface area contributed by atoms with Gasteiger partial charge in [0.25, 0.3) is 0 Å². The quantitative estimate of drug-likeness (QED) is 0.481. The summed E-state index contributed by atoms with van der Waals surface area (Å²) in [5.74, 6) is -1.77. The van der Waals surface area contributed by atoms with E-state index in [4.69, 9.17) is 28.4 Å². The number of carbonyl (C=O) groups is 2. The van der Waals surface area contributed by atoms with E-state index >= 15 is 0 Å². The summed E-state index contributed by atoms with van der Waals surface area (Å²) in [5.41, 5.74) is 1.74. The van der Waals surface area contributed by atoms with Crippen molar-refractivity contribution in [1.29, 1.82) is 0 Å². The third kappa shape index (κ3) is 3.69. The number of phenols is 1. The number of aromatic amines is 1. The number of H-pyrrole nitrogens is 1. The molecule has 0 amide bonds. The Morgan fingerprint density at radius 3 is 2.29 bits per heavy atom. The molecule has 0 saturated carbocycles. The molecule has 2 N–H and O–H groups in total. The molecule has 6 rings (SSSR count). The summed E-state index contributed by atoms with van der Waals surface area (Å²) in [6, 6.07) is 9.42. The molecule has 1 aliphatic carbocycles. The van der Waals surface area contributed by atoms with Crippen LogP contribution in [0.25, 0.3) is 0 Å². The van der Waals surface area contributed by atoms with E-state index in [2.05, 4.69) is 4.98 Å². The minimum absolute atomic E-state index is 0.0283. The van der Waals surface area contributed by atoms with Gasteiger partial charge >= 0.3 is 11.9 Å². The molecule has 3 aromatic rings. The van der Waals surface area contributed by atoms with Crippen LogP contribution in [0.15, 0.2) is 47.4 Å². The van der Waals surface area contributed by atoms with Crippen LogP contribution >= 0.6 is 0 Å². The summed E-state index contributed by atoms with van der Waals surface area (Å²) in [6.07, 6.45) is 0.423. The summed E-state index contributed by atoms with van der Waals surface area (Å²) in [7, 11) is 2.84. The van der Waals surface area contributed by atoms with Crippen molar-refractivity contribution in [1.82, 2.24) is 4.98 Å². The van der Waals surface area contributed by atoms with Gasteiger partial charge in [0.1, 0.15) is 6.10 Å². The lowest BCUT2D eigenvalue weighted by molar-refractivity contribution is -0.141. The van der Waals surface area contributed by atoms with E-state index in [1.165, 1.54) is 32.5 Å². The summed E-state index contributed by atoms with van der Waals surface area (Å²) in [4.78, 5) is 40.2. The molecule has 1 aromatic heterocycles. The van der Waals surface area contributed by atoms with Crippen molar-refractivity contribution in [3.05, 3.63) is 75.2 Å². The number of carbonyl (C=O) groups excluding carboxylic acids is 2. The lowest BCUT2D eigenvalue weighted by Gasteiger charge is -2.38. The molecule has 1 fully saturated rings. The van der Waals surface area contributed by atoms with Crippen LogP contribution in [0.4, 0.5) is 0 Å². The number of aromatic hydroxyl groups is 1.